The molecule has 13 heavy (non-hydrogen) atoms. The van der Waals surface area contributed by atoms with Crippen molar-refractivity contribution in [2.45, 2.75) is 0 Å². The Morgan fingerprint density at radius 2 is 2.23 bits per heavy atom. The Bertz CT molecular complexity index is 459. The second-order valence-electron chi connectivity index (χ2n) is 2.21. The zero-order valence-corrected chi connectivity index (χ0v) is 6.23. The van der Waals surface area contributed by atoms with Crippen LogP contribution in [0.1, 0.15) is 0 Å². The molecule has 2 rings (SSSR count). The maximum atomic E-state index is 12.4. The van der Waals surface area contributed by atoms with Gasteiger partial charge in [0.2, 0.25) is 5.95 Å². The molecule has 0 aromatic carbocycles. The number of hydrogen-bond acceptors (Lipinski definition) is 5. The smallest absolute Gasteiger partial charge is 0.370 e. The van der Waals surface area contributed by atoms with E-state index >= 15 is 0 Å². The van der Waals surface area contributed by atoms with Crippen LogP contribution in [0.4, 0.5) is 4.39 Å². The molecule has 0 radical (unpaired) electrons. The average Bonchev–Trinajstić information content (AvgIpc) is 2.53. The van der Waals surface area contributed by atoms with E-state index in [0.717, 1.165) is 6.07 Å². The van der Waals surface area contributed by atoms with Crippen molar-refractivity contribution < 1.29 is 13.3 Å². The molecule has 0 aliphatic heterocycles. The molecule has 0 aliphatic rings. The third-order valence-electron chi connectivity index (χ3n) is 1.36. The molecule has 0 bridgehead atoms. The quantitative estimate of drug-likeness (QED) is 0.611. The van der Waals surface area contributed by atoms with Crippen molar-refractivity contribution in [2.75, 3.05) is 0 Å². The highest BCUT2D eigenvalue weighted by Gasteiger charge is 2.06. The van der Waals surface area contributed by atoms with Gasteiger partial charge in [0.15, 0.2) is 0 Å². The summed E-state index contributed by atoms with van der Waals surface area (Å²) in [5.41, 5.74) is 0.382. The standard InChI is InChI=1S/C7H3FN2O3/c8-5-2-1-4(3-9-5)6-10-13-7(11)12-6/h1-3H. The van der Waals surface area contributed by atoms with Crippen molar-refractivity contribution in [3.8, 4) is 11.5 Å². The van der Waals surface area contributed by atoms with Gasteiger partial charge in [-0.25, -0.2) is 9.78 Å². The van der Waals surface area contributed by atoms with E-state index in [0.29, 0.717) is 5.56 Å². The van der Waals surface area contributed by atoms with Gasteiger partial charge >= 0.3 is 5.82 Å². The second kappa shape index (κ2) is 2.81. The Balaban J connectivity index is 2.47. The van der Waals surface area contributed by atoms with E-state index in [9.17, 15) is 9.18 Å². The van der Waals surface area contributed by atoms with Crippen LogP contribution in [-0.2, 0) is 0 Å². The lowest BCUT2D eigenvalue weighted by atomic mass is 10.3. The maximum absolute atomic E-state index is 12.4. The molecule has 0 saturated heterocycles. The summed E-state index contributed by atoms with van der Waals surface area (Å²) in [4.78, 5) is 13.8. The first-order valence-corrected chi connectivity index (χ1v) is 3.34. The van der Waals surface area contributed by atoms with Gasteiger partial charge in [-0.3, -0.25) is 4.52 Å². The second-order valence-corrected chi connectivity index (χ2v) is 2.21. The van der Waals surface area contributed by atoms with E-state index in [1.54, 1.807) is 0 Å². The van der Waals surface area contributed by atoms with Crippen molar-refractivity contribution >= 4 is 0 Å². The lowest BCUT2D eigenvalue weighted by Crippen LogP contribution is -1.86. The largest absolute Gasteiger partial charge is 0.542 e. The molecule has 0 fully saturated rings. The molecule has 5 nitrogen and oxygen atoms in total. The normalized spacial score (nSPS) is 10.2. The Hall–Kier alpha value is -1.98. The molecular weight excluding hydrogens is 179 g/mol. The van der Waals surface area contributed by atoms with Crippen LogP contribution < -0.4 is 5.82 Å². The topological polar surface area (TPSA) is 69.1 Å². The van der Waals surface area contributed by atoms with Gasteiger partial charge in [0.25, 0.3) is 5.89 Å². The van der Waals surface area contributed by atoms with Gasteiger partial charge in [0, 0.05) is 6.20 Å². The third-order valence-corrected chi connectivity index (χ3v) is 1.36. The molecule has 0 aliphatic carbocycles. The van der Waals surface area contributed by atoms with Crippen LogP contribution in [0.3, 0.4) is 0 Å². The summed E-state index contributed by atoms with van der Waals surface area (Å²) >= 11 is 0. The van der Waals surface area contributed by atoms with Gasteiger partial charge in [0.1, 0.15) is 0 Å². The molecule has 0 N–H and O–H groups in total. The predicted molar refractivity (Wildman–Crippen MR) is 38.2 cm³/mol. The highest BCUT2D eigenvalue weighted by Crippen LogP contribution is 2.13. The number of rotatable bonds is 1. The Kier molecular flexibility index (Phi) is 1.66. The van der Waals surface area contributed by atoms with Crippen LogP contribution in [-0.4, -0.2) is 10.1 Å². The zero-order valence-electron chi connectivity index (χ0n) is 6.23. The minimum absolute atomic E-state index is 0.0162. The molecule has 0 saturated carbocycles. The zero-order chi connectivity index (χ0) is 9.26. The number of halogens is 1. The summed E-state index contributed by atoms with van der Waals surface area (Å²) in [5, 5.41) is 3.30. The van der Waals surface area contributed by atoms with Crippen LogP contribution in [0.15, 0.2) is 32.1 Å². The Morgan fingerprint density at radius 1 is 1.38 bits per heavy atom. The third kappa shape index (κ3) is 1.46. The monoisotopic (exact) mass is 182 g/mol. The molecular formula is C7H3FN2O3. The fourth-order valence-corrected chi connectivity index (χ4v) is 0.809. The Labute approximate surface area is 70.8 Å². The summed E-state index contributed by atoms with van der Waals surface area (Å²) in [7, 11) is 0. The highest BCUT2D eigenvalue weighted by atomic mass is 19.1. The number of pyridine rings is 1. The van der Waals surface area contributed by atoms with Gasteiger partial charge in [0.05, 0.1) is 5.56 Å². The minimum atomic E-state index is -0.903. The maximum Gasteiger partial charge on any atom is 0.542 e. The number of hydrogen-bond donors (Lipinski definition) is 0. The van der Waals surface area contributed by atoms with E-state index in [2.05, 4.69) is 19.1 Å². The van der Waals surface area contributed by atoms with Crippen molar-refractivity contribution in [3.05, 3.63) is 34.9 Å². The molecule has 2 heterocycles. The van der Waals surface area contributed by atoms with Crippen LogP contribution in [0.5, 0.6) is 0 Å². The molecule has 66 valence electrons. The first-order chi connectivity index (χ1) is 6.25. The molecule has 2 aromatic heterocycles. The summed E-state index contributed by atoms with van der Waals surface area (Å²) in [6.07, 6.45) is 1.19. The highest BCUT2D eigenvalue weighted by molar-refractivity contribution is 5.49. The average molecular weight is 182 g/mol. The Morgan fingerprint density at radius 3 is 2.77 bits per heavy atom. The predicted octanol–water partition coefficient (Wildman–Crippen LogP) is 0.829. The number of nitrogens with zero attached hydrogens (tertiary/aromatic N) is 2. The minimum Gasteiger partial charge on any atom is -0.370 e. The lowest BCUT2D eigenvalue weighted by Gasteiger charge is -1.90. The van der Waals surface area contributed by atoms with Crippen LogP contribution >= 0.6 is 0 Å². The molecule has 2 aromatic rings. The SMILES string of the molecule is O=c1onc(-c2ccc(F)nc2)o1. The fourth-order valence-electron chi connectivity index (χ4n) is 0.809. The van der Waals surface area contributed by atoms with E-state index in [-0.39, 0.29) is 5.89 Å². The first kappa shape index (κ1) is 7.66. The van der Waals surface area contributed by atoms with Crippen molar-refractivity contribution in [1.29, 1.82) is 0 Å². The van der Waals surface area contributed by atoms with Crippen LogP contribution in [0, 0.1) is 5.95 Å². The first-order valence-electron chi connectivity index (χ1n) is 3.34. The summed E-state index contributed by atoms with van der Waals surface area (Å²) in [5.74, 6) is -1.54. The molecule has 6 heteroatoms. The van der Waals surface area contributed by atoms with E-state index in [1.165, 1.54) is 12.3 Å². The van der Waals surface area contributed by atoms with Gasteiger partial charge < -0.3 is 4.42 Å². The van der Waals surface area contributed by atoms with E-state index in [1.807, 2.05) is 0 Å². The van der Waals surface area contributed by atoms with Crippen molar-refractivity contribution in [2.24, 2.45) is 0 Å². The van der Waals surface area contributed by atoms with Gasteiger partial charge in [-0.05, 0) is 17.3 Å². The van der Waals surface area contributed by atoms with Crippen molar-refractivity contribution in [3.63, 3.8) is 0 Å². The molecule has 0 unspecified atom stereocenters. The molecule has 0 atom stereocenters. The van der Waals surface area contributed by atoms with Crippen molar-refractivity contribution in [1.82, 2.24) is 10.1 Å². The lowest BCUT2D eigenvalue weighted by molar-refractivity contribution is 0.335. The van der Waals surface area contributed by atoms with E-state index < -0.39 is 11.8 Å². The van der Waals surface area contributed by atoms with Gasteiger partial charge in [-0.2, -0.15) is 4.39 Å². The molecule has 0 amide bonds. The summed E-state index contributed by atoms with van der Waals surface area (Å²) in [6, 6.07) is 2.51. The molecule has 0 spiro atoms. The fraction of sp³-hybridized carbons (Fsp3) is 0. The van der Waals surface area contributed by atoms with E-state index in [4.69, 9.17) is 0 Å². The summed E-state index contributed by atoms with van der Waals surface area (Å²) < 4.78 is 21.0. The van der Waals surface area contributed by atoms with Gasteiger partial charge in [-0.1, -0.05) is 0 Å². The number of aromatic nitrogens is 2. The van der Waals surface area contributed by atoms with Gasteiger partial charge in [-0.15, -0.1) is 0 Å². The van der Waals surface area contributed by atoms with Crippen LogP contribution in [0.2, 0.25) is 0 Å². The van der Waals surface area contributed by atoms with Crippen LogP contribution in [0.25, 0.3) is 11.5 Å². The summed E-state index contributed by atoms with van der Waals surface area (Å²) in [6.45, 7) is 0.